The summed E-state index contributed by atoms with van der Waals surface area (Å²) in [4.78, 5) is 38.2. The molecule has 1 heterocycles. The summed E-state index contributed by atoms with van der Waals surface area (Å²) in [5, 5.41) is 3.16. The molecule has 28 heavy (non-hydrogen) atoms. The van der Waals surface area contributed by atoms with Gasteiger partial charge in [0.1, 0.15) is 5.00 Å². The number of anilines is 1. The van der Waals surface area contributed by atoms with Gasteiger partial charge in [0.15, 0.2) is 6.61 Å². The van der Waals surface area contributed by atoms with Crippen LogP contribution in [0.2, 0.25) is 0 Å². The first-order chi connectivity index (χ1) is 13.3. The Labute approximate surface area is 169 Å². The van der Waals surface area contributed by atoms with Crippen molar-refractivity contribution in [2.24, 2.45) is 23.2 Å². The second kappa shape index (κ2) is 7.17. The van der Waals surface area contributed by atoms with Crippen LogP contribution in [-0.4, -0.2) is 31.6 Å². The van der Waals surface area contributed by atoms with Gasteiger partial charge in [-0.2, -0.15) is 0 Å². The monoisotopic (exact) mass is 405 g/mol. The van der Waals surface area contributed by atoms with E-state index in [4.69, 9.17) is 9.47 Å². The molecule has 4 bridgehead atoms. The maximum absolute atomic E-state index is 12.9. The summed E-state index contributed by atoms with van der Waals surface area (Å²) < 4.78 is 10.3. The second-order valence-corrected chi connectivity index (χ2v) is 10.0. The van der Waals surface area contributed by atoms with Crippen molar-refractivity contribution in [2.45, 2.75) is 52.4 Å². The van der Waals surface area contributed by atoms with Gasteiger partial charge in [0.25, 0.3) is 5.91 Å². The van der Waals surface area contributed by atoms with E-state index in [0.29, 0.717) is 28.3 Å². The minimum Gasteiger partial charge on any atom is -0.465 e. The first-order valence-electron chi connectivity index (χ1n) is 9.96. The average Bonchev–Trinajstić information content (AvgIpc) is 2.91. The molecular weight excluding hydrogens is 378 g/mol. The van der Waals surface area contributed by atoms with Crippen molar-refractivity contribution in [3.8, 4) is 0 Å². The van der Waals surface area contributed by atoms with Crippen LogP contribution in [0.3, 0.4) is 0 Å². The highest BCUT2D eigenvalue weighted by Gasteiger charge is 2.55. The molecule has 0 unspecified atom stereocenters. The first-order valence-corrected chi connectivity index (χ1v) is 10.8. The quantitative estimate of drug-likeness (QED) is 0.753. The van der Waals surface area contributed by atoms with Crippen LogP contribution in [0.4, 0.5) is 5.00 Å². The van der Waals surface area contributed by atoms with Crippen LogP contribution in [0, 0.1) is 37.0 Å². The predicted octanol–water partition coefficient (Wildman–Crippen LogP) is 3.85. The zero-order chi connectivity index (χ0) is 20.1. The fourth-order valence-corrected chi connectivity index (χ4v) is 6.94. The molecule has 0 saturated heterocycles. The highest BCUT2D eigenvalue weighted by molar-refractivity contribution is 7.16. The first kappa shape index (κ1) is 19.4. The molecule has 152 valence electrons. The number of hydrogen-bond acceptors (Lipinski definition) is 6. The molecule has 1 amide bonds. The van der Waals surface area contributed by atoms with E-state index in [-0.39, 0.29) is 18.0 Å². The molecule has 5 rings (SSSR count). The van der Waals surface area contributed by atoms with E-state index in [9.17, 15) is 14.4 Å². The zero-order valence-corrected chi connectivity index (χ0v) is 17.4. The summed E-state index contributed by atoms with van der Waals surface area (Å²) in [7, 11) is 1.31. The van der Waals surface area contributed by atoms with Crippen molar-refractivity contribution >= 4 is 34.2 Å². The largest absolute Gasteiger partial charge is 0.465 e. The molecule has 4 aliphatic carbocycles. The molecule has 4 aliphatic rings. The van der Waals surface area contributed by atoms with Gasteiger partial charge in [-0.15, -0.1) is 11.3 Å². The van der Waals surface area contributed by atoms with Crippen LogP contribution >= 0.6 is 11.3 Å². The summed E-state index contributed by atoms with van der Waals surface area (Å²) in [6.45, 7) is 3.38. The highest BCUT2D eigenvalue weighted by Crippen LogP contribution is 2.60. The number of aryl methyl sites for hydroxylation is 1. The van der Waals surface area contributed by atoms with E-state index in [1.54, 1.807) is 0 Å². The second-order valence-electron chi connectivity index (χ2n) is 8.80. The molecular formula is C21H27NO5S. The predicted molar refractivity (Wildman–Crippen MR) is 105 cm³/mol. The van der Waals surface area contributed by atoms with Crippen LogP contribution in [0.25, 0.3) is 0 Å². The SMILES string of the molecule is COC(=O)c1c(NC(=O)COC(=O)C23CC4CC(CC(C4)C2)C3)sc(C)c1C. The number of rotatable bonds is 5. The number of esters is 2. The molecule has 1 N–H and O–H groups in total. The van der Waals surface area contributed by atoms with E-state index in [2.05, 4.69) is 5.32 Å². The van der Waals surface area contributed by atoms with Gasteiger partial charge in [-0.1, -0.05) is 0 Å². The third kappa shape index (κ3) is 3.34. The maximum atomic E-state index is 12.9. The van der Waals surface area contributed by atoms with Crippen molar-refractivity contribution < 1.29 is 23.9 Å². The highest BCUT2D eigenvalue weighted by atomic mass is 32.1. The Morgan fingerprint density at radius 3 is 2.18 bits per heavy atom. The number of ether oxygens (including phenoxy) is 2. The van der Waals surface area contributed by atoms with Gasteiger partial charge in [-0.05, 0) is 75.7 Å². The van der Waals surface area contributed by atoms with Crippen molar-refractivity contribution in [2.75, 3.05) is 19.0 Å². The van der Waals surface area contributed by atoms with E-state index >= 15 is 0 Å². The lowest BCUT2D eigenvalue weighted by Gasteiger charge is -2.55. The van der Waals surface area contributed by atoms with Gasteiger partial charge < -0.3 is 14.8 Å². The van der Waals surface area contributed by atoms with Gasteiger partial charge >= 0.3 is 11.9 Å². The summed E-state index contributed by atoms with van der Waals surface area (Å²) in [6.07, 6.45) is 6.49. The molecule has 0 spiro atoms. The number of methoxy groups -OCH3 is 1. The zero-order valence-electron chi connectivity index (χ0n) is 16.6. The molecule has 7 heteroatoms. The Morgan fingerprint density at radius 1 is 1.07 bits per heavy atom. The summed E-state index contributed by atoms with van der Waals surface area (Å²) in [5.74, 6) is 0.813. The summed E-state index contributed by atoms with van der Waals surface area (Å²) >= 11 is 1.32. The topological polar surface area (TPSA) is 81.7 Å². The fraction of sp³-hybridized carbons (Fsp3) is 0.667. The third-order valence-electron chi connectivity index (χ3n) is 6.83. The molecule has 6 nitrogen and oxygen atoms in total. The number of carbonyl (C=O) groups is 3. The molecule has 1 aromatic heterocycles. The Bertz CT molecular complexity index is 792. The van der Waals surface area contributed by atoms with Crippen LogP contribution in [0.5, 0.6) is 0 Å². The smallest absolute Gasteiger partial charge is 0.341 e. The Morgan fingerprint density at radius 2 is 1.64 bits per heavy atom. The molecule has 0 aromatic carbocycles. The number of hydrogen-bond donors (Lipinski definition) is 1. The van der Waals surface area contributed by atoms with Crippen LogP contribution in [0.15, 0.2) is 0 Å². The number of thiophene rings is 1. The average molecular weight is 406 g/mol. The van der Waals surface area contributed by atoms with Crippen molar-refractivity contribution in [1.29, 1.82) is 0 Å². The van der Waals surface area contributed by atoms with Gasteiger partial charge in [-0.3, -0.25) is 9.59 Å². The molecule has 0 aliphatic heterocycles. The molecule has 4 saturated carbocycles. The van der Waals surface area contributed by atoms with Gasteiger partial charge in [0, 0.05) is 4.88 Å². The Hall–Kier alpha value is -1.89. The molecule has 4 fully saturated rings. The van der Waals surface area contributed by atoms with E-state index in [1.807, 2.05) is 13.8 Å². The molecule has 0 radical (unpaired) electrons. The third-order valence-corrected chi connectivity index (χ3v) is 7.96. The molecule has 1 aromatic rings. The number of amides is 1. The van der Waals surface area contributed by atoms with Gasteiger partial charge in [-0.25, -0.2) is 4.79 Å². The minimum atomic E-state index is -0.484. The standard InChI is InChI=1S/C21H27NO5S/c1-11-12(2)28-18(17(11)19(24)26-3)22-16(23)10-27-20(25)21-7-13-4-14(8-21)6-15(5-13)9-21/h13-15H,4-10H2,1-3H3,(H,22,23). The minimum absolute atomic E-state index is 0.214. The lowest BCUT2D eigenvalue weighted by Crippen LogP contribution is -2.50. The Kier molecular flexibility index (Phi) is 4.98. The van der Waals surface area contributed by atoms with Crippen molar-refractivity contribution in [1.82, 2.24) is 0 Å². The summed E-state index contributed by atoms with van der Waals surface area (Å²) in [6, 6.07) is 0. The van der Waals surface area contributed by atoms with E-state index in [0.717, 1.165) is 29.7 Å². The van der Waals surface area contributed by atoms with Crippen LogP contribution < -0.4 is 5.32 Å². The van der Waals surface area contributed by atoms with Crippen LogP contribution in [-0.2, 0) is 19.1 Å². The number of carbonyl (C=O) groups excluding carboxylic acids is 3. The molecule has 0 atom stereocenters. The van der Waals surface area contributed by atoms with Crippen LogP contribution in [0.1, 0.15) is 59.3 Å². The van der Waals surface area contributed by atoms with Gasteiger partial charge in [0.2, 0.25) is 0 Å². The lowest BCUT2D eigenvalue weighted by molar-refractivity contribution is -0.172. The van der Waals surface area contributed by atoms with Crippen molar-refractivity contribution in [3.63, 3.8) is 0 Å². The van der Waals surface area contributed by atoms with Crippen molar-refractivity contribution in [3.05, 3.63) is 16.0 Å². The summed E-state index contributed by atoms with van der Waals surface area (Å²) in [5.41, 5.74) is 0.783. The fourth-order valence-electron chi connectivity index (χ4n) is 5.87. The van der Waals surface area contributed by atoms with Gasteiger partial charge in [0.05, 0.1) is 18.1 Å². The lowest BCUT2D eigenvalue weighted by atomic mass is 9.49. The normalized spacial score (nSPS) is 30.2. The number of nitrogens with one attached hydrogen (secondary N) is 1. The Balaban J connectivity index is 1.39. The van der Waals surface area contributed by atoms with E-state index in [1.165, 1.54) is 37.7 Å². The maximum Gasteiger partial charge on any atom is 0.341 e. The van der Waals surface area contributed by atoms with E-state index < -0.39 is 11.9 Å².